The van der Waals surface area contributed by atoms with Crippen molar-refractivity contribution in [1.29, 1.82) is 0 Å². The second-order valence-corrected chi connectivity index (χ2v) is 4.24. The van der Waals surface area contributed by atoms with E-state index >= 15 is 0 Å². The van der Waals surface area contributed by atoms with E-state index in [-0.39, 0.29) is 19.8 Å². The fourth-order valence-corrected chi connectivity index (χ4v) is 2.16. The monoisotopic (exact) mass is 265 g/mol. The molecule has 0 saturated carbocycles. The molecule has 3 rings (SSSR count). The highest BCUT2D eigenvalue weighted by Crippen LogP contribution is 2.37. The van der Waals surface area contributed by atoms with Gasteiger partial charge in [-0.15, -0.1) is 0 Å². The number of amides is 1. The Balaban J connectivity index is 1.90. The number of anilines is 1. The van der Waals surface area contributed by atoms with Crippen LogP contribution >= 0.6 is 0 Å². The zero-order chi connectivity index (χ0) is 13.4. The predicted molar refractivity (Wildman–Crippen MR) is 62.4 cm³/mol. The molecule has 1 fully saturated rings. The van der Waals surface area contributed by atoms with Gasteiger partial charge in [0.15, 0.2) is 11.5 Å². The molecule has 0 aromatic heterocycles. The summed E-state index contributed by atoms with van der Waals surface area (Å²) in [5.41, 5.74) is 0.540. The van der Waals surface area contributed by atoms with Gasteiger partial charge in [0, 0.05) is 6.07 Å². The van der Waals surface area contributed by atoms with E-state index in [1.54, 1.807) is 18.2 Å². The highest BCUT2D eigenvalue weighted by molar-refractivity contribution is 5.91. The Kier molecular flexibility index (Phi) is 2.66. The molecule has 7 nitrogen and oxygen atoms in total. The maximum absolute atomic E-state index is 11.7. The summed E-state index contributed by atoms with van der Waals surface area (Å²) in [4.78, 5) is 23.8. The van der Waals surface area contributed by atoms with E-state index in [9.17, 15) is 9.59 Å². The molecule has 1 amide bonds. The first-order valence-electron chi connectivity index (χ1n) is 5.72. The van der Waals surface area contributed by atoms with Gasteiger partial charge in [-0.2, -0.15) is 0 Å². The number of cyclic esters (lactones) is 1. The summed E-state index contributed by atoms with van der Waals surface area (Å²) < 4.78 is 15.3. The average molecular weight is 265 g/mol. The van der Waals surface area contributed by atoms with Crippen molar-refractivity contribution in [1.82, 2.24) is 0 Å². The summed E-state index contributed by atoms with van der Waals surface area (Å²) in [6.45, 7) is 0.210. The molecule has 2 aliphatic rings. The molecule has 1 unspecified atom stereocenters. The Morgan fingerprint density at radius 2 is 2.11 bits per heavy atom. The van der Waals surface area contributed by atoms with Crippen molar-refractivity contribution in [3.63, 3.8) is 0 Å². The van der Waals surface area contributed by atoms with Gasteiger partial charge in [-0.3, -0.25) is 9.69 Å². The van der Waals surface area contributed by atoms with E-state index in [1.807, 2.05) is 0 Å². The van der Waals surface area contributed by atoms with Gasteiger partial charge < -0.3 is 19.3 Å². The molecule has 0 bridgehead atoms. The largest absolute Gasteiger partial charge is 0.481 e. The number of hydrogen-bond acceptors (Lipinski definition) is 5. The van der Waals surface area contributed by atoms with Crippen molar-refractivity contribution in [3.05, 3.63) is 18.2 Å². The van der Waals surface area contributed by atoms with Crippen LogP contribution in [0.1, 0.15) is 6.42 Å². The molecular weight excluding hydrogens is 254 g/mol. The smallest absolute Gasteiger partial charge is 0.414 e. The molecule has 100 valence electrons. The van der Waals surface area contributed by atoms with Crippen molar-refractivity contribution >= 4 is 17.7 Å². The Bertz CT molecular complexity index is 543. The second-order valence-electron chi connectivity index (χ2n) is 4.24. The fourth-order valence-electron chi connectivity index (χ4n) is 2.16. The van der Waals surface area contributed by atoms with E-state index in [0.29, 0.717) is 17.2 Å². The van der Waals surface area contributed by atoms with Gasteiger partial charge in [0.2, 0.25) is 6.79 Å². The SMILES string of the molecule is O=C(O)CC1COC(=O)N1c1ccc2c(c1)OCO2. The molecule has 1 aromatic rings. The Hall–Kier alpha value is -2.44. The van der Waals surface area contributed by atoms with Crippen molar-refractivity contribution in [2.45, 2.75) is 12.5 Å². The number of rotatable bonds is 3. The maximum Gasteiger partial charge on any atom is 0.414 e. The topological polar surface area (TPSA) is 85.3 Å². The van der Waals surface area contributed by atoms with Crippen molar-refractivity contribution < 1.29 is 28.9 Å². The minimum absolute atomic E-state index is 0.0690. The van der Waals surface area contributed by atoms with Crippen molar-refractivity contribution in [3.8, 4) is 11.5 Å². The van der Waals surface area contributed by atoms with Crippen LogP contribution in [0.4, 0.5) is 10.5 Å². The summed E-state index contributed by atoms with van der Waals surface area (Å²) in [5.74, 6) is 0.159. The lowest BCUT2D eigenvalue weighted by Crippen LogP contribution is -2.35. The number of aliphatic carboxylic acids is 1. The minimum atomic E-state index is -0.978. The normalized spacial score (nSPS) is 20.5. The minimum Gasteiger partial charge on any atom is -0.481 e. The Labute approximate surface area is 108 Å². The van der Waals surface area contributed by atoms with E-state index in [1.165, 1.54) is 4.90 Å². The lowest BCUT2D eigenvalue weighted by Gasteiger charge is -2.20. The second kappa shape index (κ2) is 4.34. The van der Waals surface area contributed by atoms with Crippen LogP contribution < -0.4 is 14.4 Å². The maximum atomic E-state index is 11.7. The number of fused-ring (bicyclic) bond motifs is 1. The van der Waals surface area contributed by atoms with Gasteiger partial charge in [0.1, 0.15) is 6.61 Å². The van der Waals surface area contributed by atoms with Gasteiger partial charge in [-0.05, 0) is 12.1 Å². The molecule has 2 aliphatic heterocycles. The fraction of sp³-hybridized carbons (Fsp3) is 0.333. The van der Waals surface area contributed by atoms with Gasteiger partial charge in [0.25, 0.3) is 0 Å². The standard InChI is InChI=1S/C12H11NO6/c14-11(15)4-8-5-17-12(16)13(8)7-1-2-9-10(3-7)19-6-18-9/h1-3,8H,4-6H2,(H,14,15). The summed E-state index contributed by atoms with van der Waals surface area (Å²) in [7, 11) is 0. The number of benzene rings is 1. The average Bonchev–Trinajstić information content (AvgIpc) is 2.94. The number of ether oxygens (including phenoxy) is 3. The Morgan fingerprint density at radius 1 is 1.32 bits per heavy atom. The van der Waals surface area contributed by atoms with Crippen molar-refractivity contribution in [2.24, 2.45) is 0 Å². The number of carbonyl (C=O) groups excluding carboxylic acids is 1. The highest BCUT2D eigenvalue weighted by Gasteiger charge is 2.36. The quantitative estimate of drug-likeness (QED) is 0.884. The molecule has 1 saturated heterocycles. The third-order valence-electron chi connectivity index (χ3n) is 3.01. The third kappa shape index (κ3) is 2.03. The number of carboxylic acid groups (broad SMARTS) is 1. The van der Waals surface area contributed by atoms with E-state index < -0.39 is 18.1 Å². The lowest BCUT2D eigenvalue weighted by molar-refractivity contribution is -0.137. The molecule has 1 aromatic carbocycles. The molecule has 19 heavy (non-hydrogen) atoms. The first kappa shape index (κ1) is 11.6. The van der Waals surface area contributed by atoms with Crippen LogP contribution in [0.5, 0.6) is 11.5 Å². The number of carbonyl (C=O) groups is 2. The van der Waals surface area contributed by atoms with Crippen LogP contribution in [0.25, 0.3) is 0 Å². The summed E-state index contributed by atoms with van der Waals surface area (Å²) >= 11 is 0. The molecule has 0 aliphatic carbocycles. The number of hydrogen-bond donors (Lipinski definition) is 1. The van der Waals surface area contributed by atoms with Gasteiger partial charge in [-0.25, -0.2) is 4.79 Å². The lowest BCUT2D eigenvalue weighted by atomic mass is 10.1. The van der Waals surface area contributed by atoms with Crippen LogP contribution in [0.15, 0.2) is 18.2 Å². The summed E-state index contributed by atoms with van der Waals surface area (Å²) in [5, 5.41) is 8.84. The molecule has 2 heterocycles. The Morgan fingerprint density at radius 3 is 2.89 bits per heavy atom. The van der Waals surface area contributed by atoms with E-state index in [2.05, 4.69) is 0 Å². The molecule has 0 spiro atoms. The number of nitrogens with zero attached hydrogens (tertiary/aromatic N) is 1. The zero-order valence-corrected chi connectivity index (χ0v) is 9.87. The molecule has 0 radical (unpaired) electrons. The van der Waals surface area contributed by atoms with Gasteiger partial charge in [-0.1, -0.05) is 0 Å². The van der Waals surface area contributed by atoms with Crippen LogP contribution in [-0.2, 0) is 9.53 Å². The molecule has 1 N–H and O–H groups in total. The molecule has 7 heteroatoms. The van der Waals surface area contributed by atoms with Crippen LogP contribution in [0.3, 0.4) is 0 Å². The first-order chi connectivity index (χ1) is 9.15. The van der Waals surface area contributed by atoms with Gasteiger partial charge in [0.05, 0.1) is 18.2 Å². The summed E-state index contributed by atoms with van der Waals surface area (Å²) in [6, 6.07) is 4.49. The molecule has 1 atom stereocenters. The van der Waals surface area contributed by atoms with Gasteiger partial charge >= 0.3 is 12.1 Å². The summed E-state index contributed by atoms with van der Waals surface area (Å²) in [6.07, 6.45) is -0.717. The van der Waals surface area contributed by atoms with Crippen LogP contribution in [-0.4, -0.2) is 36.6 Å². The first-order valence-corrected chi connectivity index (χ1v) is 5.72. The van der Waals surface area contributed by atoms with E-state index in [4.69, 9.17) is 19.3 Å². The predicted octanol–water partition coefficient (Wildman–Crippen LogP) is 1.22. The third-order valence-corrected chi connectivity index (χ3v) is 3.01. The van der Waals surface area contributed by atoms with Crippen molar-refractivity contribution in [2.75, 3.05) is 18.3 Å². The van der Waals surface area contributed by atoms with E-state index in [0.717, 1.165) is 0 Å². The molecular formula is C12H11NO6. The van der Waals surface area contributed by atoms with Crippen LogP contribution in [0, 0.1) is 0 Å². The zero-order valence-electron chi connectivity index (χ0n) is 9.87. The highest BCUT2D eigenvalue weighted by atomic mass is 16.7. The number of carboxylic acids is 1. The van der Waals surface area contributed by atoms with Crippen LogP contribution in [0.2, 0.25) is 0 Å².